The van der Waals surface area contributed by atoms with Crippen LogP contribution < -0.4 is 0 Å². The van der Waals surface area contributed by atoms with Gasteiger partial charge in [-0.25, -0.2) is 0 Å². The van der Waals surface area contributed by atoms with Gasteiger partial charge in [0.15, 0.2) is 0 Å². The summed E-state index contributed by atoms with van der Waals surface area (Å²) >= 11 is 2.48. The van der Waals surface area contributed by atoms with E-state index in [0.717, 1.165) is 0 Å². The van der Waals surface area contributed by atoms with Gasteiger partial charge in [-0.2, -0.15) is 0 Å². The fourth-order valence-electron chi connectivity index (χ4n) is 2.87. The molecule has 19 heavy (non-hydrogen) atoms. The summed E-state index contributed by atoms with van der Waals surface area (Å²) in [5, 5.41) is 2.73. The predicted molar refractivity (Wildman–Crippen MR) is 90.3 cm³/mol. The Morgan fingerprint density at radius 3 is 2.05 bits per heavy atom. The Balaban J connectivity index is 2.11. The fraction of sp³-hybridized carbons (Fsp3) is 0. The van der Waals surface area contributed by atoms with Crippen molar-refractivity contribution in [3.63, 3.8) is 0 Å². The normalized spacial score (nSPS) is 13.3. The van der Waals surface area contributed by atoms with E-state index in [1.807, 2.05) is 0 Å². The van der Waals surface area contributed by atoms with Crippen LogP contribution in [0.4, 0.5) is 0 Å². The highest BCUT2D eigenvalue weighted by atomic mass is 127. The first-order chi connectivity index (χ1) is 9.36. The SMILES string of the molecule is IC1=C(c2ccccc2)c2cccc3cccc1c23. The van der Waals surface area contributed by atoms with Gasteiger partial charge in [0.25, 0.3) is 0 Å². The van der Waals surface area contributed by atoms with Crippen LogP contribution in [0.1, 0.15) is 16.7 Å². The second-order valence-corrected chi connectivity index (χ2v) is 5.84. The van der Waals surface area contributed by atoms with Crippen molar-refractivity contribution in [3.05, 3.63) is 83.4 Å². The molecule has 3 aromatic carbocycles. The Bertz CT molecular complexity index is 808. The van der Waals surface area contributed by atoms with Crippen LogP contribution in [-0.4, -0.2) is 0 Å². The molecule has 0 spiro atoms. The Morgan fingerprint density at radius 2 is 1.32 bits per heavy atom. The van der Waals surface area contributed by atoms with Gasteiger partial charge in [0.2, 0.25) is 0 Å². The summed E-state index contributed by atoms with van der Waals surface area (Å²) in [7, 11) is 0. The molecule has 1 aliphatic carbocycles. The predicted octanol–water partition coefficient (Wildman–Crippen LogP) is 5.50. The van der Waals surface area contributed by atoms with E-state index in [1.54, 1.807) is 0 Å². The molecule has 1 heteroatoms. The van der Waals surface area contributed by atoms with Crippen LogP contribution in [0, 0.1) is 0 Å². The van der Waals surface area contributed by atoms with Crippen LogP contribution in [0.15, 0.2) is 66.7 Å². The van der Waals surface area contributed by atoms with Crippen molar-refractivity contribution in [1.29, 1.82) is 0 Å². The summed E-state index contributed by atoms with van der Waals surface area (Å²) in [4.78, 5) is 0. The molecular formula is C18H11I. The topological polar surface area (TPSA) is 0 Å². The maximum atomic E-state index is 2.48. The quantitative estimate of drug-likeness (QED) is 0.506. The molecule has 0 saturated heterocycles. The molecule has 0 nitrogen and oxygen atoms in total. The number of benzene rings is 3. The zero-order valence-corrected chi connectivity index (χ0v) is 12.4. The van der Waals surface area contributed by atoms with E-state index < -0.39 is 0 Å². The largest absolute Gasteiger partial charge is 0.0622 e. The van der Waals surface area contributed by atoms with E-state index in [1.165, 1.54) is 36.6 Å². The minimum absolute atomic E-state index is 1.30. The van der Waals surface area contributed by atoms with Crippen molar-refractivity contribution in [2.24, 2.45) is 0 Å². The second-order valence-electron chi connectivity index (χ2n) is 4.76. The molecule has 0 saturated carbocycles. The molecule has 0 atom stereocenters. The maximum absolute atomic E-state index is 2.48. The molecule has 90 valence electrons. The minimum Gasteiger partial charge on any atom is -0.0622 e. The van der Waals surface area contributed by atoms with Crippen molar-refractivity contribution < 1.29 is 0 Å². The van der Waals surface area contributed by atoms with E-state index in [-0.39, 0.29) is 0 Å². The van der Waals surface area contributed by atoms with Crippen molar-refractivity contribution in [2.45, 2.75) is 0 Å². The summed E-state index contributed by atoms with van der Waals surface area (Å²) < 4.78 is 1.36. The van der Waals surface area contributed by atoms with Crippen LogP contribution in [0.2, 0.25) is 0 Å². The van der Waals surface area contributed by atoms with Crippen molar-refractivity contribution in [3.8, 4) is 0 Å². The van der Waals surface area contributed by atoms with Crippen LogP contribution in [0.3, 0.4) is 0 Å². The van der Waals surface area contributed by atoms with E-state index in [4.69, 9.17) is 0 Å². The molecule has 0 unspecified atom stereocenters. The third-order valence-electron chi connectivity index (χ3n) is 3.69. The average Bonchev–Trinajstić information content (AvgIpc) is 2.76. The van der Waals surface area contributed by atoms with Gasteiger partial charge in [0, 0.05) is 9.15 Å². The fourth-order valence-corrected chi connectivity index (χ4v) is 3.92. The smallest absolute Gasteiger partial charge is 0.0293 e. The van der Waals surface area contributed by atoms with Gasteiger partial charge in [-0.3, -0.25) is 0 Å². The van der Waals surface area contributed by atoms with E-state index >= 15 is 0 Å². The molecule has 0 radical (unpaired) electrons. The van der Waals surface area contributed by atoms with E-state index in [2.05, 4.69) is 89.3 Å². The number of rotatable bonds is 1. The van der Waals surface area contributed by atoms with Crippen molar-refractivity contribution >= 4 is 42.5 Å². The molecule has 4 rings (SSSR count). The van der Waals surface area contributed by atoms with Gasteiger partial charge < -0.3 is 0 Å². The lowest BCUT2D eigenvalue weighted by Gasteiger charge is -2.06. The molecule has 0 fully saturated rings. The van der Waals surface area contributed by atoms with Crippen LogP contribution in [-0.2, 0) is 0 Å². The van der Waals surface area contributed by atoms with Crippen molar-refractivity contribution in [2.75, 3.05) is 0 Å². The first-order valence-corrected chi connectivity index (χ1v) is 7.42. The average molecular weight is 354 g/mol. The molecule has 3 aromatic rings. The van der Waals surface area contributed by atoms with Gasteiger partial charge >= 0.3 is 0 Å². The summed E-state index contributed by atoms with van der Waals surface area (Å²) in [6, 6.07) is 23.8. The lowest BCUT2D eigenvalue weighted by Crippen LogP contribution is -1.84. The lowest BCUT2D eigenvalue weighted by atomic mass is 9.98. The van der Waals surface area contributed by atoms with Gasteiger partial charge in [0.1, 0.15) is 0 Å². The summed E-state index contributed by atoms with van der Waals surface area (Å²) in [5.41, 5.74) is 5.40. The zero-order chi connectivity index (χ0) is 12.8. The summed E-state index contributed by atoms with van der Waals surface area (Å²) in [6.07, 6.45) is 0. The molecule has 0 amide bonds. The minimum atomic E-state index is 1.30. The first-order valence-electron chi connectivity index (χ1n) is 6.34. The molecule has 0 aromatic heterocycles. The first kappa shape index (κ1) is 11.2. The van der Waals surface area contributed by atoms with Crippen LogP contribution in [0.5, 0.6) is 0 Å². The summed E-state index contributed by atoms with van der Waals surface area (Å²) in [6.45, 7) is 0. The maximum Gasteiger partial charge on any atom is 0.0293 e. The molecular weight excluding hydrogens is 343 g/mol. The highest BCUT2D eigenvalue weighted by Gasteiger charge is 2.22. The van der Waals surface area contributed by atoms with Gasteiger partial charge in [-0.1, -0.05) is 66.7 Å². The number of hydrogen-bond donors (Lipinski definition) is 0. The third kappa shape index (κ3) is 1.58. The van der Waals surface area contributed by atoms with Crippen molar-refractivity contribution in [1.82, 2.24) is 0 Å². The zero-order valence-electron chi connectivity index (χ0n) is 10.2. The second kappa shape index (κ2) is 4.20. The van der Waals surface area contributed by atoms with Gasteiger partial charge in [0.05, 0.1) is 0 Å². The number of halogens is 1. The Morgan fingerprint density at radius 1 is 0.632 bits per heavy atom. The molecule has 0 N–H and O–H groups in total. The Hall–Kier alpha value is -1.61. The molecule has 0 heterocycles. The van der Waals surface area contributed by atoms with Crippen LogP contribution >= 0.6 is 22.6 Å². The monoisotopic (exact) mass is 354 g/mol. The Kier molecular flexibility index (Phi) is 2.49. The lowest BCUT2D eigenvalue weighted by molar-refractivity contribution is 1.61. The number of hydrogen-bond acceptors (Lipinski definition) is 0. The van der Waals surface area contributed by atoms with Crippen LogP contribution in [0.25, 0.3) is 19.9 Å². The standard InChI is InChI=1S/C18H11I/c19-18-15-11-5-9-12-8-4-10-14(16(12)15)17(18)13-6-2-1-3-7-13/h1-11H. The highest BCUT2D eigenvalue weighted by molar-refractivity contribution is 14.1. The third-order valence-corrected chi connectivity index (χ3v) is 4.81. The molecule has 0 aliphatic heterocycles. The Labute approximate surface area is 125 Å². The van der Waals surface area contributed by atoms with E-state index in [0.29, 0.717) is 0 Å². The summed E-state index contributed by atoms with van der Waals surface area (Å²) in [5.74, 6) is 0. The van der Waals surface area contributed by atoms with E-state index in [9.17, 15) is 0 Å². The molecule has 1 aliphatic rings. The van der Waals surface area contributed by atoms with Gasteiger partial charge in [-0.05, 0) is 50.1 Å². The highest BCUT2D eigenvalue weighted by Crippen LogP contribution is 2.47. The van der Waals surface area contributed by atoms with Gasteiger partial charge in [-0.15, -0.1) is 0 Å². The molecule has 0 bridgehead atoms.